The average Bonchev–Trinajstić information content (AvgIpc) is 2.31. The monoisotopic (exact) mass is 301 g/mol. The van der Waals surface area contributed by atoms with Crippen molar-refractivity contribution < 1.29 is 4.39 Å². The van der Waals surface area contributed by atoms with Gasteiger partial charge in [0.1, 0.15) is 5.82 Å². The molecule has 0 bridgehead atoms. The summed E-state index contributed by atoms with van der Waals surface area (Å²) in [7, 11) is 0. The van der Waals surface area contributed by atoms with Gasteiger partial charge in [0.2, 0.25) is 0 Å². The van der Waals surface area contributed by atoms with E-state index in [0.717, 1.165) is 25.7 Å². The lowest BCUT2D eigenvalue weighted by molar-refractivity contribution is 0.360. The maximum atomic E-state index is 14.0. The molecule has 0 fully saturated rings. The van der Waals surface area contributed by atoms with Crippen LogP contribution in [0.25, 0.3) is 0 Å². The van der Waals surface area contributed by atoms with Crippen molar-refractivity contribution >= 4 is 15.9 Å². The molecule has 1 rings (SSSR count). The summed E-state index contributed by atoms with van der Waals surface area (Å²) in [5.41, 5.74) is 6.85. The normalized spacial score (nSPS) is 13.1. The van der Waals surface area contributed by atoms with Gasteiger partial charge in [-0.25, -0.2) is 4.39 Å². The first-order valence-corrected chi connectivity index (χ1v) is 7.10. The molecular formula is C14H21BrFN. The van der Waals surface area contributed by atoms with Crippen molar-refractivity contribution in [1.82, 2.24) is 0 Å². The van der Waals surface area contributed by atoms with Crippen LogP contribution in [0.1, 0.15) is 51.1 Å². The van der Waals surface area contributed by atoms with Crippen LogP contribution in [-0.4, -0.2) is 0 Å². The van der Waals surface area contributed by atoms with Crippen molar-refractivity contribution in [2.75, 3.05) is 0 Å². The fourth-order valence-electron chi connectivity index (χ4n) is 2.28. The predicted molar refractivity (Wildman–Crippen MR) is 74.3 cm³/mol. The minimum absolute atomic E-state index is 0.201. The van der Waals surface area contributed by atoms with E-state index in [2.05, 4.69) is 29.8 Å². The average molecular weight is 302 g/mol. The molecule has 0 aliphatic heterocycles. The van der Waals surface area contributed by atoms with E-state index in [4.69, 9.17) is 5.73 Å². The Morgan fingerprint density at radius 1 is 1.24 bits per heavy atom. The van der Waals surface area contributed by atoms with Crippen molar-refractivity contribution in [3.05, 3.63) is 34.1 Å². The molecule has 0 aliphatic carbocycles. The van der Waals surface area contributed by atoms with E-state index in [0.29, 0.717) is 16.0 Å². The third-order valence-electron chi connectivity index (χ3n) is 3.17. The highest BCUT2D eigenvalue weighted by atomic mass is 79.9. The van der Waals surface area contributed by atoms with Crippen molar-refractivity contribution in [2.24, 2.45) is 11.7 Å². The Hall–Kier alpha value is -0.410. The third kappa shape index (κ3) is 3.78. The molecule has 1 atom stereocenters. The standard InChI is InChI=1S/C14H21BrFN/c1-3-6-10(7-4-2)14(17)11-8-5-9-12(15)13(11)16/h5,8-10,14H,3-4,6-7,17H2,1-2H3. The van der Waals surface area contributed by atoms with Gasteiger partial charge in [0, 0.05) is 11.6 Å². The first-order valence-electron chi connectivity index (χ1n) is 6.31. The highest BCUT2D eigenvalue weighted by Gasteiger charge is 2.21. The van der Waals surface area contributed by atoms with E-state index in [-0.39, 0.29) is 11.9 Å². The van der Waals surface area contributed by atoms with E-state index < -0.39 is 0 Å². The zero-order valence-electron chi connectivity index (χ0n) is 10.5. The maximum Gasteiger partial charge on any atom is 0.142 e. The summed E-state index contributed by atoms with van der Waals surface area (Å²) in [6.07, 6.45) is 4.30. The summed E-state index contributed by atoms with van der Waals surface area (Å²) >= 11 is 3.21. The molecule has 0 spiro atoms. The van der Waals surface area contributed by atoms with Gasteiger partial charge in [0.25, 0.3) is 0 Å². The number of hydrogen-bond donors (Lipinski definition) is 1. The molecule has 1 aromatic carbocycles. The Labute approximate surface area is 112 Å². The van der Waals surface area contributed by atoms with E-state index >= 15 is 0 Å². The first kappa shape index (κ1) is 14.7. The number of hydrogen-bond acceptors (Lipinski definition) is 1. The van der Waals surface area contributed by atoms with E-state index in [9.17, 15) is 4.39 Å². The Kier molecular flexibility index (Phi) is 6.14. The lowest BCUT2D eigenvalue weighted by Gasteiger charge is -2.24. The van der Waals surface area contributed by atoms with Crippen molar-refractivity contribution in [3.63, 3.8) is 0 Å². The molecule has 1 aromatic rings. The molecule has 3 heteroatoms. The minimum Gasteiger partial charge on any atom is -0.324 e. The van der Waals surface area contributed by atoms with Crippen LogP contribution in [0.3, 0.4) is 0 Å². The largest absolute Gasteiger partial charge is 0.324 e. The van der Waals surface area contributed by atoms with Crippen LogP contribution >= 0.6 is 15.9 Å². The Morgan fingerprint density at radius 2 is 1.82 bits per heavy atom. The van der Waals surface area contributed by atoms with Gasteiger partial charge in [0.15, 0.2) is 0 Å². The van der Waals surface area contributed by atoms with E-state index in [1.807, 2.05) is 6.07 Å². The fraction of sp³-hybridized carbons (Fsp3) is 0.571. The van der Waals surface area contributed by atoms with Gasteiger partial charge in [-0.3, -0.25) is 0 Å². The molecule has 1 nitrogen and oxygen atoms in total. The van der Waals surface area contributed by atoms with Gasteiger partial charge in [-0.15, -0.1) is 0 Å². The molecule has 96 valence electrons. The van der Waals surface area contributed by atoms with Crippen LogP contribution in [0.5, 0.6) is 0 Å². The molecule has 0 aliphatic rings. The van der Waals surface area contributed by atoms with Gasteiger partial charge in [-0.05, 0) is 40.8 Å². The van der Waals surface area contributed by atoms with E-state index in [1.165, 1.54) is 0 Å². The molecule has 0 heterocycles. The molecule has 0 aromatic heterocycles. The van der Waals surface area contributed by atoms with E-state index in [1.54, 1.807) is 12.1 Å². The highest BCUT2D eigenvalue weighted by molar-refractivity contribution is 9.10. The van der Waals surface area contributed by atoms with Crippen LogP contribution < -0.4 is 5.73 Å². The molecule has 0 radical (unpaired) electrons. The molecule has 0 amide bonds. The summed E-state index contributed by atoms with van der Waals surface area (Å²) in [6, 6.07) is 5.15. The third-order valence-corrected chi connectivity index (χ3v) is 3.78. The van der Waals surface area contributed by atoms with Crippen LogP contribution in [0.15, 0.2) is 22.7 Å². The number of halogens is 2. The van der Waals surface area contributed by atoms with Crippen molar-refractivity contribution in [2.45, 2.75) is 45.6 Å². The minimum atomic E-state index is -0.211. The quantitative estimate of drug-likeness (QED) is 0.802. The zero-order chi connectivity index (χ0) is 12.8. The molecule has 0 saturated heterocycles. The van der Waals surface area contributed by atoms with Crippen molar-refractivity contribution in [3.8, 4) is 0 Å². The summed E-state index contributed by atoms with van der Waals surface area (Å²) < 4.78 is 14.5. The molecule has 2 N–H and O–H groups in total. The Morgan fingerprint density at radius 3 is 2.35 bits per heavy atom. The molecule has 17 heavy (non-hydrogen) atoms. The smallest absolute Gasteiger partial charge is 0.142 e. The number of benzene rings is 1. The summed E-state index contributed by atoms with van der Waals surface area (Å²) in [5.74, 6) is 0.158. The Bertz CT molecular complexity index is 348. The highest BCUT2D eigenvalue weighted by Crippen LogP contribution is 2.31. The molecule has 1 unspecified atom stereocenters. The number of rotatable bonds is 6. The second-order valence-corrected chi connectivity index (χ2v) is 5.36. The topological polar surface area (TPSA) is 26.0 Å². The predicted octanol–water partition coefficient (Wildman–Crippen LogP) is 4.80. The summed E-state index contributed by atoms with van der Waals surface area (Å²) in [4.78, 5) is 0. The first-order chi connectivity index (χ1) is 8.11. The molecular weight excluding hydrogens is 281 g/mol. The number of nitrogens with two attached hydrogens (primary N) is 1. The molecule has 0 saturated carbocycles. The van der Waals surface area contributed by atoms with Crippen LogP contribution in [0, 0.1) is 11.7 Å². The zero-order valence-corrected chi connectivity index (χ0v) is 12.1. The maximum absolute atomic E-state index is 14.0. The van der Waals surface area contributed by atoms with Gasteiger partial charge in [-0.1, -0.05) is 38.8 Å². The lowest BCUT2D eigenvalue weighted by atomic mass is 9.86. The van der Waals surface area contributed by atoms with Crippen molar-refractivity contribution in [1.29, 1.82) is 0 Å². The van der Waals surface area contributed by atoms with Gasteiger partial charge in [0.05, 0.1) is 4.47 Å². The second kappa shape index (κ2) is 7.12. The lowest BCUT2D eigenvalue weighted by Crippen LogP contribution is -2.22. The van der Waals surface area contributed by atoms with Crippen LogP contribution in [0.4, 0.5) is 4.39 Å². The van der Waals surface area contributed by atoms with Crippen LogP contribution in [-0.2, 0) is 0 Å². The van der Waals surface area contributed by atoms with Gasteiger partial charge >= 0.3 is 0 Å². The summed E-state index contributed by atoms with van der Waals surface area (Å²) in [5, 5.41) is 0. The van der Waals surface area contributed by atoms with Gasteiger partial charge in [-0.2, -0.15) is 0 Å². The fourth-order valence-corrected chi connectivity index (χ4v) is 2.66. The summed E-state index contributed by atoms with van der Waals surface area (Å²) in [6.45, 7) is 4.29. The second-order valence-electron chi connectivity index (χ2n) is 4.51. The van der Waals surface area contributed by atoms with Crippen LogP contribution in [0.2, 0.25) is 0 Å². The Balaban J connectivity index is 2.92. The SMILES string of the molecule is CCCC(CCC)C(N)c1cccc(Br)c1F. The van der Waals surface area contributed by atoms with Gasteiger partial charge < -0.3 is 5.73 Å².